The van der Waals surface area contributed by atoms with Gasteiger partial charge in [0.05, 0.1) is 13.2 Å². The van der Waals surface area contributed by atoms with E-state index in [0.29, 0.717) is 6.42 Å². The van der Waals surface area contributed by atoms with Crippen LogP contribution >= 0.6 is 7.75 Å². The van der Waals surface area contributed by atoms with Gasteiger partial charge in [0.2, 0.25) is 0 Å². The first-order valence-electron chi connectivity index (χ1n) is 8.89. The van der Waals surface area contributed by atoms with Gasteiger partial charge in [0.1, 0.15) is 0 Å². The van der Waals surface area contributed by atoms with Gasteiger partial charge in [-0.25, -0.2) is 9.76 Å². The lowest BCUT2D eigenvalue weighted by molar-refractivity contribution is 0.211. The molecule has 6 heteroatoms. The second-order valence-electron chi connectivity index (χ2n) is 5.83. The number of hydrazone groups is 1. The number of rotatable bonds is 10. The lowest BCUT2D eigenvalue weighted by atomic mass is 9.92. The highest BCUT2D eigenvalue weighted by molar-refractivity contribution is 7.51. The molecule has 1 N–H and O–H groups in total. The molecule has 0 aliphatic carbocycles. The van der Waals surface area contributed by atoms with Gasteiger partial charge in [-0.05, 0) is 25.0 Å². The van der Waals surface area contributed by atoms with Gasteiger partial charge < -0.3 is 0 Å². The summed E-state index contributed by atoms with van der Waals surface area (Å²) in [5, 5.41) is 7.13. The van der Waals surface area contributed by atoms with Crippen molar-refractivity contribution in [3.05, 3.63) is 71.8 Å². The number of nitrogens with zero attached hydrogens (tertiary/aromatic N) is 1. The van der Waals surface area contributed by atoms with Gasteiger partial charge in [0.15, 0.2) is 0 Å². The van der Waals surface area contributed by atoms with Crippen LogP contribution in [0.1, 0.15) is 37.8 Å². The van der Waals surface area contributed by atoms with E-state index in [-0.39, 0.29) is 19.1 Å². The molecule has 5 nitrogen and oxygen atoms in total. The minimum absolute atomic E-state index is 0.0561. The Morgan fingerprint density at radius 1 is 1.00 bits per heavy atom. The molecule has 0 aliphatic rings. The first kappa shape index (κ1) is 20.4. The van der Waals surface area contributed by atoms with Gasteiger partial charge in [0.25, 0.3) is 0 Å². The van der Waals surface area contributed by atoms with Crippen LogP contribution < -0.4 is 5.20 Å². The quantitative estimate of drug-likeness (QED) is 0.354. The smallest absolute Gasteiger partial charge is 0.292 e. The molecule has 0 fully saturated rings. The zero-order chi connectivity index (χ0) is 18.8. The highest BCUT2D eigenvalue weighted by atomic mass is 31.2. The van der Waals surface area contributed by atoms with E-state index in [1.54, 1.807) is 13.8 Å². The van der Waals surface area contributed by atoms with E-state index < -0.39 is 7.75 Å². The van der Waals surface area contributed by atoms with Crippen LogP contribution in [-0.2, 0) is 20.0 Å². The van der Waals surface area contributed by atoms with Gasteiger partial charge in [-0.3, -0.25) is 9.05 Å². The molecule has 0 saturated carbocycles. The molecular formula is C20H27N2O3P. The number of benzene rings is 2. The first-order valence-corrected chi connectivity index (χ1v) is 10.4. The van der Waals surface area contributed by atoms with Crippen molar-refractivity contribution >= 4 is 13.5 Å². The van der Waals surface area contributed by atoms with Gasteiger partial charge in [0, 0.05) is 18.1 Å². The second-order valence-corrected chi connectivity index (χ2v) is 7.54. The molecule has 0 aromatic heterocycles. The fraction of sp³-hybridized carbons (Fsp3) is 0.350. The zero-order valence-electron chi connectivity index (χ0n) is 15.6. The van der Waals surface area contributed by atoms with Crippen molar-refractivity contribution in [3.8, 4) is 0 Å². The lowest BCUT2D eigenvalue weighted by Crippen LogP contribution is -2.18. The van der Waals surface area contributed by atoms with E-state index >= 15 is 0 Å². The van der Waals surface area contributed by atoms with Gasteiger partial charge in [-0.1, -0.05) is 67.6 Å². The minimum Gasteiger partial charge on any atom is -0.292 e. The summed E-state index contributed by atoms with van der Waals surface area (Å²) in [5.41, 5.74) is 3.15. The van der Waals surface area contributed by atoms with Gasteiger partial charge in [-0.15, -0.1) is 0 Å². The van der Waals surface area contributed by atoms with Crippen molar-refractivity contribution in [2.24, 2.45) is 5.10 Å². The Morgan fingerprint density at radius 3 is 2.08 bits per heavy atom. The molecule has 2 aromatic rings. The Kier molecular flexibility index (Phi) is 8.05. The predicted octanol–water partition coefficient (Wildman–Crippen LogP) is 5.16. The molecule has 0 spiro atoms. The standard InChI is InChI=1S/C20H27N2O3P/c1-4-24-26(23,25-5-2)22-21-20(16-18-12-8-6-9-13-18)17(3)19-14-10-7-11-15-19/h6-15,17H,4-5,16H2,1-3H3,(H,22,23)/b21-20-. The highest BCUT2D eigenvalue weighted by Crippen LogP contribution is 2.43. The number of nitrogens with one attached hydrogen (secondary N) is 1. The van der Waals surface area contributed by atoms with Crippen molar-refractivity contribution in [1.29, 1.82) is 0 Å². The van der Waals surface area contributed by atoms with Crippen LogP contribution in [0.4, 0.5) is 0 Å². The summed E-state index contributed by atoms with van der Waals surface area (Å²) in [7, 11) is -3.45. The maximum absolute atomic E-state index is 12.7. The van der Waals surface area contributed by atoms with Crippen molar-refractivity contribution in [2.45, 2.75) is 33.1 Å². The number of hydrogen-bond acceptors (Lipinski definition) is 4. The maximum Gasteiger partial charge on any atom is 0.448 e. The Balaban J connectivity index is 2.28. The average molecular weight is 374 g/mol. The summed E-state index contributed by atoms with van der Waals surface area (Å²) in [6.45, 7) is 6.19. The minimum atomic E-state index is -3.45. The van der Waals surface area contributed by atoms with Crippen molar-refractivity contribution in [1.82, 2.24) is 5.20 Å². The Bertz CT molecular complexity index is 725. The molecule has 2 rings (SSSR count). The second kappa shape index (κ2) is 10.3. The van der Waals surface area contributed by atoms with E-state index in [0.717, 1.165) is 16.8 Å². The van der Waals surface area contributed by atoms with Crippen LogP contribution in [0.3, 0.4) is 0 Å². The van der Waals surface area contributed by atoms with E-state index in [4.69, 9.17) is 9.05 Å². The SMILES string of the molecule is CCOP(=O)(N/N=C(/Cc1ccccc1)C(C)c1ccccc1)OCC. The predicted molar refractivity (Wildman–Crippen MR) is 106 cm³/mol. The molecule has 0 saturated heterocycles. The van der Waals surface area contributed by atoms with Crippen LogP contribution in [0.2, 0.25) is 0 Å². The van der Waals surface area contributed by atoms with E-state index in [1.165, 1.54) is 0 Å². The number of hydrogen-bond donors (Lipinski definition) is 1. The van der Waals surface area contributed by atoms with Crippen LogP contribution in [-0.4, -0.2) is 18.9 Å². The van der Waals surface area contributed by atoms with Crippen molar-refractivity contribution < 1.29 is 13.6 Å². The third-order valence-electron chi connectivity index (χ3n) is 3.94. The molecule has 0 aliphatic heterocycles. The molecule has 0 bridgehead atoms. The Hall–Kier alpha value is -1.94. The van der Waals surface area contributed by atoms with Crippen LogP contribution in [0.15, 0.2) is 65.8 Å². The topological polar surface area (TPSA) is 59.9 Å². The van der Waals surface area contributed by atoms with Crippen molar-refractivity contribution in [3.63, 3.8) is 0 Å². The molecule has 26 heavy (non-hydrogen) atoms. The molecule has 140 valence electrons. The van der Waals surface area contributed by atoms with Crippen LogP contribution in [0, 0.1) is 0 Å². The largest absolute Gasteiger partial charge is 0.448 e. The monoisotopic (exact) mass is 374 g/mol. The summed E-state index contributed by atoms with van der Waals surface area (Å²) in [6.07, 6.45) is 0.641. The third kappa shape index (κ3) is 6.10. The molecule has 0 radical (unpaired) electrons. The maximum atomic E-state index is 12.7. The molecular weight excluding hydrogens is 347 g/mol. The van der Waals surface area contributed by atoms with Crippen molar-refractivity contribution in [2.75, 3.05) is 13.2 Å². The average Bonchev–Trinajstić information content (AvgIpc) is 2.66. The summed E-state index contributed by atoms with van der Waals surface area (Å²) in [5.74, 6) is 0.0561. The first-order chi connectivity index (χ1) is 12.6. The molecule has 1 atom stereocenters. The van der Waals surface area contributed by atoms with Gasteiger partial charge in [-0.2, -0.15) is 5.10 Å². The van der Waals surface area contributed by atoms with E-state index in [1.807, 2.05) is 36.4 Å². The third-order valence-corrected chi connectivity index (χ3v) is 5.48. The molecule has 1 unspecified atom stereocenters. The molecule has 0 amide bonds. The fourth-order valence-corrected chi connectivity index (χ4v) is 3.71. The summed E-state index contributed by atoms with van der Waals surface area (Å²) < 4.78 is 23.2. The normalized spacial score (nSPS) is 13.4. The summed E-state index contributed by atoms with van der Waals surface area (Å²) in [4.78, 5) is 0. The molecule has 2 aromatic carbocycles. The van der Waals surface area contributed by atoms with Crippen LogP contribution in [0.5, 0.6) is 0 Å². The zero-order valence-corrected chi connectivity index (χ0v) is 16.5. The lowest BCUT2D eigenvalue weighted by Gasteiger charge is -2.19. The van der Waals surface area contributed by atoms with E-state index in [9.17, 15) is 4.57 Å². The fourth-order valence-electron chi connectivity index (χ4n) is 2.59. The molecule has 0 heterocycles. The summed E-state index contributed by atoms with van der Waals surface area (Å²) >= 11 is 0. The summed E-state index contributed by atoms with van der Waals surface area (Å²) in [6, 6.07) is 20.2. The highest BCUT2D eigenvalue weighted by Gasteiger charge is 2.24. The van der Waals surface area contributed by atoms with E-state index in [2.05, 4.69) is 41.5 Å². The van der Waals surface area contributed by atoms with Crippen LogP contribution in [0.25, 0.3) is 0 Å². The Morgan fingerprint density at radius 2 is 1.54 bits per heavy atom. The Labute approximate surface area is 156 Å². The van der Waals surface area contributed by atoms with Gasteiger partial charge >= 0.3 is 7.75 Å².